The molecular weight excluding hydrogens is 232 g/mol. The highest BCUT2D eigenvalue weighted by Gasteiger charge is 2.04. The molecule has 0 radical (unpaired) electrons. The third kappa shape index (κ3) is 11.8. The number of nitrogens with zero attached hydrogens (tertiary/aromatic N) is 1. The quantitative estimate of drug-likeness (QED) is 0.505. The lowest BCUT2D eigenvalue weighted by molar-refractivity contribution is 0.0381. The average Bonchev–Trinajstić information content (AvgIpc) is 2.40. The predicted molar refractivity (Wildman–Crippen MR) is 70.4 cm³/mol. The SMILES string of the molecule is CCCNC(C#N)CCOCCOCCCOC. The van der Waals surface area contributed by atoms with Crippen molar-refractivity contribution in [2.75, 3.05) is 46.7 Å². The second kappa shape index (κ2) is 14.4. The molecule has 0 spiro atoms. The first-order chi connectivity index (χ1) is 8.85. The fourth-order valence-corrected chi connectivity index (χ4v) is 1.36. The van der Waals surface area contributed by atoms with Crippen LogP contribution in [0.1, 0.15) is 26.2 Å². The molecule has 1 atom stereocenters. The van der Waals surface area contributed by atoms with Gasteiger partial charge >= 0.3 is 0 Å². The Labute approximate surface area is 110 Å². The van der Waals surface area contributed by atoms with Gasteiger partial charge in [0.2, 0.25) is 0 Å². The van der Waals surface area contributed by atoms with E-state index in [1.165, 1.54) is 0 Å². The van der Waals surface area contributed by atoms with Gasteiger partial charge < -0.3 is 19.5 Å². The zero-order valence-corrected chi connectivity index (χ0v) is 11.6. The molecule has 1 unspecified atom stereocenters. The maximum Gasteiger partial charge on any atom is 0.0975 e. The normalized spacial score (nSPS) is 12.3. The van der Waals surface area contributed by atoms with E-state index < -0.39 is 0 Å². The maximum atomic E-state index is 8.87. The van der Waals surface area contributed by atoms with Crippen molar-refractivity contribution < 1.29 is 14.2 Å². The summed E-state index contributed by atoms with van der Waals surface area (Å²) in [4.78, 5) is 0. The Balaban J connectivity index is 3.21. The lowest BCUT2D eigenvalue weighted by atomic mass is 10.2. The van der Waals surface area contributed by atoms with Gasteiger partial charge in [-0.25, -0.2) is 0 Å². The molecule has 0 heterocycles. The molecular formula is C13H26N2O3. The molecule has 0 aromatic heterocycles. The van der Waals surface area contributed by atoms with E-state index in [1.807, 2.05) is 0 Å². The van der Waals surface area contributed by atoms with E-state index in [2.05, 4.69) is 18.3 Å². The molecule has 0 aliphatic rings. The molecule has 0 fully saturated rings. The number of rotatable bonds is 13. The largest absolute Gasteiger partial charge is 0.385 e. The summed E-state index contributed by atoms with van der Waals surface area (Å²) in [6.45, 7) is 6.17. The zero-order valence-electron chi connectivity index (χ0n) is 11.6. The number of methoxy groups -OCH3 is 1. The number of nitrogens with one attached hydrogen (secondary N) is 1. The zero-order chi connectivity index (χ0) is 13.5. The first-order valence-electron chi connectivity index (χ1n) is 6.62. The lowest BCUT2D eigenvalue weighted by Crippen LogP contribution is -2.29. The van der Waals surface area contributed by atoms with E-state index in [0.717, 1.165) is 32.4 Å². The van der Waals surface area contributed by atoms with Crippen LogP contribution >= 0.6 is 0 Å². The van der Waals surface area contributed by atoms with E-state index in [9.17, 15) is 0 Å². The highest BCUT2D eigenvalue weighted by Crippen LogP contribution is 1.92. The minimum Gasteiger partial charge on any atom is -0.385 e. The molecule has 0 aromatic carbocycles. The summed E-state index contributed by atoms with van der Waals surface area (Å²) in [7, 11) is 1.68. The molecule has 0 rings (SSSR count). The van der Waals surface area contributed by atoms with Gasteiger partial charge in [0.05, 0.1) is 25.3 Å². The van der Waals surface area contributed by atoms with Crippen molar-refractivity contribution in [1.82, 2.24) is 5.32 Å². The van der Waals surface area contributed by atoms with Crippen LogP contribution in [0.5, 0.6) is 0 Å². The van der Waals surface area contributed by atoms with E-state index in [4.69, 9.17) is 19.5 Å². The summed E-state index contributed by atoms with van der Waals surface area (Å²) >= 11 is 0. The molecule has 0 saturated heterocycles. The minimum atomic E-state index is -0.104. The van der Waals surface area contributed by atoms with Gasteiger partial charge in [0, 0.05) is 26.9 Å². The minimum absolute atomic E-state index is 0.104. The summed E-state index contributed by atoms with van der Waals surface area (Å²) in [5, 5.41) is 12.0. The standard InChI is InChI=1S/C13H26N2O3/c1-3-6-15-13(12-14)5-9-18-11-10-17-8-4-7-16-2/h13,15H,3-11H2,1-2H3. The van der Waals surface area contributed by atoms with Crippen molar-refractivity contribution in [2.24, 2.45) is 0 Å². The fraction of sp³-hybridized carbons (Fsp3) is 0.923. The van der Waals surface area contributed by atoms with E-state index in [0.29, 0.717) is 26.4 Å². The Morgan fingerprint density at radius 1 is 1.11 bits per heavy atom. The Morgan fingerprint density at radius 2 is 1.83 bits per heavy atom. The Morgan fingerprint density at radius 3 is 2.44 bits per heavy atom. The monoisotopic (exact) mass is 258 g/mol. The van der Waals surface area contributed by atoms with Crippen LogP contribution in [0, 0.1) is 11.3 Å². The first kappa shape index (κ1) is 17.3. The summed E-state index contributed by atoms with van der Waals surface area (Å²) in [5.74, 6) is 0. The van der Waals surface area contributed by atoms with Crippen LogP contribution < -0.4 is 5.32 Å². The van der Waals surface area contributed by atoms with Gasteiger partial charge in [-0.2, -0.15) is 5.26 Å². The number of hydrogen-bond donors (Lipinski definition) is 1. The third-order valence-electron chi connectivity index (χ3n) is 2.36. The Bertz CT molecular complexity index is 207. The maximum absolute atomic E-state index is 8.87. The summed E-state index contributed by atoms with van der Waals surface area (Å²) in [6.07, 6.45) is 2.67. The van der Waals surface area contributed by atoms with Crippen LogP contribution in [-0.4, -0.2) is 52.7 Å². The number of nitriles is 1. The molecule has 5 nitrogen and oxygen atoms in total. The summed E-state index contributed by atoms with van der Waals surface area (Å²) < 4.78 is 15.7. The van der Waals surface area contributed by atoms with Crippen LogP contribution in [0.2, 0.25) is 0 Å². The van der Waals surface area contributed by atoms with Crippen molar-refractivity contribution in [3.8, 4) is 6.07 Å². The summed E-state index contributed by atoms with van der Waals surface area (Å²) in [5.41, 5.74) is 0. The second-order valence-corrected chi connectivity index (χ2v) is 4.00. The number of hydrogen-bond acceptors (Lipinski definition) is 5. The van der Waals surface area contributed by atoms with E-state index in [-0.39, 0.29) is 6.04 Å². The Kier molecular flexibility index (Phi) is 13.9. The van der Waals surface area contributed by atoms with Crippen molar-refractivity contribution in [2.45, 2.75) is 32.2 Å². The van der Waals surface area contributed by atoms with Crippen molar-refractivity contribution in [3.63, 3.8) is 0 Å². The third-order valence-corrected chi connectivity index (χ3v) is 2.36. The Hall–Kier alpha value is -0.670. The first-order valence-corrected chi connectivity index (χ1v) is 6.62. The molecule has 106 valence electrons. The van der Waals surface area contributed by atoms with E-state index >= 15 is 0 Å². The second-order valence-electron chi connectivity index (χ2n) is 4.00. The smallest absolute Gasteiger partial charge is 0.0975 e. The molecule has 0 aromatic rings. The van der Waals surface area contributed by atoms with Crippen molar-refractivity contribution in [1.29, 1.82) is 5.26 Å². The molecule has 0 aliphatic carbocycles. The van der Waals surface area contributed by atoms with Gasteiger partial charge in [0.1, 0.15) is 0 Å². The molecule has 0 aliphatic heterocycles. The molecule has 5 heteroatoms. The van der Waals surface area contributed by atoms with Crippen molar-refractivity contribution >= 4 is 0 Å². The van der Waals surface area contributed by atoms with Gasteiger partial charge in [0.25, 0.3) is 0 Å². The van der Waals surface area contributed by atoms with Crippen LogP contribution in [-0.2, 0) is 14.2 Å². The van der Waals surface area contributed by atoms with Gasteiger partial charge in [0.15, 0.2) is 0 Å². The molecule has 1 N–H and O–H groups in total. The van der Waals surface area contributed by atoms with Gasteiger partial charge in [-0.1, -0.05) is 6.92 Å². The molecule has 0 amide bonds. The van der Waals surface area contributed by atoms with Crippen molar-refractivity contribution in [3.05, 3.63) is 0 Å². The topological polar surface area (TPSA) is 63.5 Å². The lowest BCUT2D eigenvalue weighted by Gasteiger charge is -2.11. The van der Waals surface area contributed by atoms with E-state index in [1.54, 1.807) is 7.11 Å². The average molecular weight is 258 g/mol. The van der Waals surface area contributed by atoms with Crippen LogP contribution in [0.3, 0.4) is 0 Å². The van der Waals surface area contributed by atoms with Crippen LogP contribution in [0.4, 0.5) is 0 Å². The molecule has 0 saturated carbocycles. The highest BCUT2D eigenvalue weighted by molar-refractivity contribution is 4.89. The van der Waals surface area contributed by atoms with Crippen LogP contribution in [0.15, 0.2) is 0 Å². The predicted octanol–water partition coefficient (Wildman–Crippen LogP) is 1.34. The van der Waals surface area contributed by atoms with Gasteiger partial charge in [-0.15, -0.1) is 0 Å². The highest BCUT2D eigenvalue weighted by atomic mass is 16.5. The van der Waals surface area contributed by atoms with Gasteiger partial charge in [-0.3, -0.25) is 0 Å². The van der Waals surface area contributed by atoms with Crippen LogP contribution in [0.25, 0.3) is 0 Å². The summed E-state index contributed by atoms with van der Waals surface area (Å²) in [6, 6.07) is 2.12. The molecule has 0 bridgehead atoms. The van der Waals surface area contributed by atoms with Gasteiger partial charge in [-0.05, 0) is 25.8 Å². The fourth-order valence-electron chi connectivity index (χ4n) is 1.36. The number of ether oxygens (including phenoxy) is 3. The molecule has 18 heavy (non-hydrogen) atoms.